The molecule has 0 bridgehead atoms. The van der Waals surface area contributed by atoms with Gasteiger partial charge in [0.05, 0.1) is 0 Å². The Kier molecular flexibility index (Phi) is 6.36. The minimum absolute atomic E-state index is 0.148. The second-order valence-electron chi connectivity index (χ2n) is 6.89. The van der Waals surface area contributed by atoms with Crippen molar-refractivity contribution in [3.8, 4) is 5.75 Å². The van der Waals surface area contributed by atoms with Gasteiger partial charge >= 0.3 is 6.61 Å². The van der Waals surface area contributed by atoms with E-state index in [0.717, 1.165) is 17.6 Å². The third kappa shape index (κ3) is 5.38. The molecule has 1 aromatic rings. The number of halogens is 3. The molecule has 3 N–H and O–H groups in total. The van der Waals surface area contributed by atoms with Crippen molar-refractivity contribution in [3.05, 3.63) is 28.2 Å². The predicted octanol–water partition coefficient (Wildman–Crippen LogP) is 3.28. The lowest BCUT2D eigenvalue weighted by Gasteiger charge is -2.31. The molecule has 0 spiro atoms. The van der Waals surface area contributed by atoms with Crippen molar-refractivity contribution >= 4 is 15.9 Å². The maximum absolute atomic E-state index is 12.5. The molecule has 0 aliphatic carbocycles. The molecule has 130 valence electrons. The van der Waals surface area contributed by atoms with E-state index >= 15 is 0 Å². The van der Waals surface area contributed by atoms with Crippen LogP contribution in [-0.2, 0) is 6.54 Å². The summed E-state index contributed by atoms with van der Waals surface area (Å²) in [5, 5.41) is 3.36. The van der Waals surface area contributed by atoms with Crippen LogP contribution < -0.4 is 20.9 Å². The van der Waals surface area contributed by atoms with Crippen LogP contribution in [0.25, 0.3) is 0 Å². The highest BCUT2D eigenvalue weighted by atomic mass is 79.9. The smallest absolute Gasteiger partial charge is 0.387 e. The van der Waals surface area contributed by atoms with Gasteiger partial charge in [0.2, 0.25) is 0 Å². The van der Waals surface area contributed by atoms with Crippen LogP contribution in [0.1, 0.15) is 26.3 Å². The highest BCUT2D eigenvalue weighted by molar-refractivity contribution is 9.10. The van der Waals surface area contributed by atoms with Gasteiger partial charge in [-0.1, -0.05) is 36.7 Å². The molecule has 0 saturated carbocycles. The minimum atomic E-state index is -2.82. The summed E-state index contributed by atoms with van der Waals surface area (Å²) in [6, 6.07) is 5.41. The molecule has 2 atom stereocenters. The Bertz CT molecular complexity index is 523. The van der Waals surface area contributed by atoms with Crippen LogP contribution >= 0.6 is 15.9 Å². The number of ether oxygens (including phenoxy) is 1. The van der Waals surface area contributed by atoms with Gasteiger partial charge in [0.25, 0.3) is 0 Å². The summed E-state index contributed by atoms with van der Waals surface area (Å²) < 4.78 is 30.4. The first kappa shape index (κ1) is 18.6. The van der Waals surface area contributed by atoms with E-state index in [-0.39, 0.29) is 11.2 Å². The fourth-order valence-electron chi connectivity index (χ4n) is 2.94. The van der Waals surface area contributed by atoms with Gasteiger partial charge in [-0.05, 0) is 23.6 Å². The minimum Gasteiger partial charge on any atom is -0.434 e. The zero-order valence-corrected chi connectivity index (χ0v) is 15.2. The summed E-state index contributed by atoms with van der Waals surface area (Å²) in [5.74, 6) is 0.646. The number of hydrazine groups is 1. The number of rotatable bonds is 6. The van der Waals surface area contributed by atoms with E-state index in [1.807, 2.05) is 0 Å². The normalized spacial score (nSPS) is 21.9. The van der Waals surface area contributed by atoms with Crippen LogP contribution in [0, 0.1) is 11.3 Å². The lowest BCUT2D eigenvalue weighted by molar-refractivity contribution is -0.0505. The molecule has 7 heteroatoms. The molecule has 1 aliphatic heterocycles. The van der Waals surface area contributed by atoms with Gasteiger partial charge in [0, 0.05) is 41.6 Å². The molecule has 23 heavy (non-hydrogen) atoms. The molecular formula is C16H24BrF2N3O. The van der Waals surface area contributed by atoms with E-state index in [9.17, 15) is 8.78 Å². The van der Waals surface area contributed by atoms with Crippen molar-refractivity contribution in [1.82, 2.24) is 16.2 Å². The number of alkyl halides is 2. The van der Waals surface area contributed by atoms with Gasteiger partial charge in [-0.2, -0.15) is 8.78 Å². The van der Waals surface area contributed by atoms with E-state index in [1.165, 1.54) is 0 Å². The topological polar surface area (TPSA) is 45.3 Å². The maximum atomic E-state index is 12.5. The summed E-state index contributed by atoms with van der Waals surface area (Å²) in [6.07, 6.45) is 0. The van der Waals surface area contributed by atoms with Gasteiger partial charge in [0.15, 0.2) is 0 Å². The van der Waals surface area contributed by atoms with Gasteiger partial charge in [-0.25, -0.2) is 0 Å². The molecule has 2 rings (SSSR count). The number of hydrogen-bond acceptors (Lipinski definition) is 4. The summed E-state index contributed by atoms with van der Waals surface area (Å²) in [7, 11) is 0. The summed E-state index contributed by atoms with van der Waals surface area (Å²) >= 11 is 3.37. The number of hydrogen-bond donors (Lipinski definition) is 3. The first-order valence-corrected chi connectivity index (χ1v) is 8.49. The first-order chi connectivity index (χ1) is 10.8. The van der Waals surface area contributed by atoms with Crippen LogP contribution in [-0.4, -0.2) is 25.7 Å². The van der Waals surface area contributed by atoms with E-state index < -0.39 is 6.61 Å². The van der Waals surface area contributed by atoms with Crippen LogP contribution in [0.3, 0.4) is 0 Å². The van der Waals surface area contributed by atoms with E-state index in [4.69, 9.17) is 0 Å². The third-order valence-electron chi connectivity index (χ3n) is 3.99. The fraction of sp³-hybridized carbons (Fsp3) is 0.625. The van der Waals surface area contributed by atoms with Gasteiger partial charge in [0.1, 0.15) is 5.75 Å². The quantitative estimate of drug-likeness (QED) is 0.696. The highest BCUT2D eigenvalue weighted by Crippen LogP contribution is 2.28. The van der Waals surface area contributed by atoms with Gasteiger partial charge in [-0.15, -0.1) is 0 Å². The number of benzene rings is 1. The van der Waals surface area contributed by atoms with Gasteiger partial charge in [-0.3, -0.25) is 10.9 Å². The Morgan fingerprint density at radius 3 is 2.78 bits per heavy atom. The number of nitrogens with one attached hydrogen (secondary N) is 3. The molecule has 0 radical (unpaired) electrons. The standard InChI is InChI=1S/C16H24BrF2N3O/c1-16(2,3)14-11(9-21-22-14)8-20-7-10-6-12(17)4-5-13(10)23-15(18)19/h4-6,11,14-15,20-22H,7-9H2,1-3H3. The summed E-state index contributed by atoms with van der Waals surface area (Å²) in [5.41, 5.74) is 7.39. The largest absolute Gasteiger partial charge is 0.434 e. The molecular weight excluding hydrogens is 368 g/mol. The maximum Gasteiger partial charge on any atom is 0.387 e. The third-order valence-corrected chi connectivity index (χ3v) is 4.48. The fourth-order valence-corrected chi connectivity index (χ4v) is 3.35. The van der Waals surface area contributed by atoms with Crippen LogP contribution in [0.2, 0.25) is 0 Å². The first-order valence-electron chi connectivity index (χ1n) is 7.69. The van der Waals surface area contributed by atoms with Crippen molar-refractivity contribution in [3.63, 3.8) is 0 Å². The Morgan fingerprint density at radius 1 is 1.39 bits per heavy atom. The second-order valence-corrected chi connectivity index (χ2v) is 7.81. The SMILES string of the molecule is CC(C)(C)C1NNCC1CNCc1cc(Br)ccc1OC(F)F. The Hall–Kier alpha value is -0.760. The molecule has 2 unspecified atom stereocenters. The lowest BCUT2D eigenvalue weighted by atomic mass is 9.80. The molecule has 0 amide bonds. The molecule has 4 nitrogen and oxygen atoms in total. The Labute approximate surface area is 144 Å². The van der Waals surface area contributed by atoms with Crippen molar-refractivity contribution in [2.45, 2.75) is 40.0 Å². The van der Waals surface area contributed by atoms with Crippen LogP contribution in [0.4, 0.5) is 8.78 Å². The average Bonchev–Trinajstić information content (AvgIpc) is 2.90. The summed E-state index contributed by atoms with van der Waals surface area (Å²) in [6.45, 7) is 5.95. The van der Waals surface area contributed by atoms with E-state index in [1.54, 1.807) is 18.2 Å². The zero-order chi connectivity index (χ0) is 17.0. The van der Waals surface area contributed by atoms with Crippen molar-refractivity contribution in [2.75, 3.05) is 13.1 Å². The van der Waals surface area contributed by atoms with Crippen molar-refractivity contribution in [1.29, 1.82) is 0 Å². The zero-order valence-electron chi connectivity index (χ0n) is 13.6. The van der Waals surface area contributed by atoms with Crippen molar-refractivity contribution in [2.24, 2.45) is 11.3 Å². The Morgan fingerprint density at radius 2 is 2.13 bits per heavy atom. The molecule has 1 saturated heterocycles. The van der Waals surface area contributed by atoms with E-state index in [2.05, 4.69) is 57.6 Å². The Balaban J connectivity index is 1.94. The molecule has 1 heterocycles. The predicted molar refractivity (Wildman–Crippen MR) is 90.4 cm³/mol. The van der Waals surface area contributed by atoms with Crippen LogP contribution in [0.15, 0.2) is 22.7 Å². The molecule has 1 aliphatic rings. The second kappa shape index (κ2) is 7.88. The lowest BCUT2D eigenvalue weighted by Crippen LogP contribution is -2.44. The molecule has 0 aromatic heterocycles. The molecule has 1 aromatic carbocycles. The van der Waals surface area contributed by atoms with Crippen LogP contribution in [0.5, 0.6) is 5.75 Å². The van der Waals surface area contributed by atoms with E-state index in [0.29, 0.717) is 24.1 Å². The highest BCUT2D eigenvalue weighted by Gasteiger charge is 2.35. The monoisotopic (exact) mass is 391 g/mol. The van der Waals surface area contributed by atoms with Gasteiger partial charge < -0.3 is 10.1 Å². The van der Waals surface area contributed by atoms with Crippen molar-refractivity contribution < 1.29 is 13.5 Å². The molecule has 1 fully saturated rings. The average molecular weight is 392 g/mol. The summed E-state index contributed by atoms with van der Waals surface area (Å²) in [4.78, 5) is 0.